The van der Waals surface area contributed by atoms with Crippen LogP contribution >= 0.6 is 11.6 Å². The minimum Gasteiger partial charge on any atom is -0.316 e. The summed E-state index contributed by atoms with van der Waals surface area (Å²) in [4.78, 5) is 0. The molecule has 3 heteroatoms. The van der Waals surface area contributed by atoms with Gasteiger partial charge in [0.05, 0.1) is 5.38 Å². The summed E-state index contributed by atoms with van der Waals surface area (Å²) in [6.07, 6.45) is 3.96. The van der Waals surface area contributed by atoms with Crippen molar-refractivity contribution in [3.63, 3.8) is 0 Å². The lowest BCUT2D eigenvalue weighted by molar-refractivity contribution is 0.404. The van der Waals surface area contributed by atoms with Crippen LogP contribution in [0, 0.1) is 0 Å². The van der Waals surface area contributed by atoms with Crippen LogP contribution in [0.5, 0.6) is 0 Å². The van der Waals surface area contributed by atoms with E-state index in [0.717, 1.165) is 12.1 Å². The van der Waals surface area contributed by atoms with E-state index in [4.69, 9.17) is 11.6 Å². The average Bonchev–Trinajstić information content (AvgIpc) is 1.98. The molecule has 62 valence electrons. The molecule has 1 N–H and O–H groups in total. The van der Waals surface area contributed by atoms with Crippen LogP contribution in [-0.4, -0.2) is 25.1 Å². The Bertz CT molecular complexity index is 189. The maximum Gasteiger partial charge on any atom is 0.138 e. The summed E-state index contributed by atoms with van der Waals surface area (Å²) in [6, 6.07) is 0. The topological polar surface area (TPSA) is 12.0 Å². The van der Waals surface area contributed by atoms with Gasteiger partial charge in [0, 0.05) is 6.54 Å². The fourth-order valence-corrected chi connectivity index (χ4v) is 1.24. The van der Waals surface area contributed by atoms with Crippen molar-refractivity contribution in [2.45, 2.75) is 11.5 Å². The van der Waals surface area contributed by atoms with E-state index >= 15 is 0 Å². The minimum absolute atomic E-state index is 0.497. The molecule has 2 unspecified atom stereocenters. The van der Waals surface area contributed by atoms with E-state index in [9.17, 15) is 4.39 Å². The molecule has 0 fully saturated rings. The van der Waals surface area contributed by atoms with Crippen LogP contribution in [0.2, 0.25) is 0 Å². The Morgan fingerprint density at radius 2 is 2.45 bits per heavy atom. The summed E-state index contributed by atoms with van der Waals surface area (Å²) in [5, 5.41) is 2.48. The lowest BCUT2D eigenvalue weighted by Gasteiger charge is -2.14. The van der Waals surface area contributed by atoms with E-state index in [1.165, 1.54) is 6.08 Å². The largest absolute Gasteiger partial charge is 0.316 e. The van der Waals surface area contributed by atoms with Crippen LogP contribution in [0.15, 0.2) is 23.8 Å². The molecule has 0 saturated heterocycles. The maximum atomic E-state index is 12.7. The third kappa shape index (κ3) is 2.31. The number of halogens is 2. The summed E-state index contributed by atoms with van der Waals surface area (Å²) in [5.41, 5.74) is 1.04. The van der Waals surface area contributed by atoms with E-state index in [1.807, 2.05) is 7.05 Å². The molecule has 0 saturated carbocycles. The molecule has 1 aliphatic rings. The maximum absolute atomic E-state index is 12.7. The van der Waals surface area contributed by atoms with E-state index in [1.54, 1.807) is 12.2 Å². The Kier molecular flexibility index (Phi) is 3.09. The van der Waals surface area contributed by atoms with E-state index < -0.39 is 11.5 Å². The number of allylic oxidation sites excluding steroid dienone is 2. The number of alkyl halides is 2. The van der Waals surface area contributed by atoms with Gasteiger partial charge in [-0.25, -0.2) is 4.39 Å². The third-order valence-electron chi connectivity index (χ3n) is 1.55. The quantitative estimate of drug-likeness (QED) is 0.630. The molecule has 2 atom stereocenters. The molecule has 0 aliphatic heterocycles. The van der Waals surface area contributed by atoms with Crippen LogP contribution in [-0.2, 0) is 0 Å². The standard InChI is InChI=1S/C8H11ClFN/c1-11-5-6-2-3-8(10)7(9)4-6/h2-4,7-8,11H,5H2,1H3. The monoisotopic (exact) mass is 175 g/mol. The highest BCUT2D eigenvalue weighted by Crippen LogP contribution is 2.18. The summed E-state index contributed by atoms with van der Waals surface area (Å²) < 4.78 is 12.7. The second-order valence-corrected chi connectivity index (χ2v) is 3.02. The molecule has 0 aromatic heterocycles. The third-order valence-corrected chi connectivity index (χ3v) is 1.92. The molecule has 0 radical (unpaired) electrons. The van der Waals surface area contributed by atoms with Crippen molar-refractivity contribution in [3.05, 3.63) is 23.8 Å². The highest BCUT2D eigenvalue weighted by atomic mass is 35.5. The molecule has 0 aromatic carbocycles. The van der Waals surface area contributed by atoms with Gasteiger partial charge in [-0.15, -0.1) is 11.6 Å². The zero-order chi connectivity index (χ0) is 8.27. The highest BCUT2D eigenvalue weighted by molar-refractivity contribution is 6.22. The van der Waals surface area contributed by atoms with Gasteiger partial charge >= 0.3 is 0 Å². The molecule has 11 heavy (non-hydrogen) atoms. The van der Waals surface area contributed by atoms with Crippen molar-refractivity contribution in [3.8, 4) is 0 Å². The molecular weight excluding hydrogens is 165 g/mol. The number of hydrogen-bond donors (Lipinski definition) is 1. The van der Waals surface area contributed by atoms with E-state index in [-0.39, 0.29) is 0 Å². The van der Waals surface area contributed by atoms with E-state index in [0.29, 0.717) is 0 Å². The predicted molar refractivity (Wildman–Crippen MR) is 45.7 cm³/mol. The molecule has 1 aliphatic carbocycles. The number of likely N-dealkylation sites (N-methyl/N-ethyl adjacent to an activating group) is 1. The second-order valence-electron chi connectivity index (χ2n) is 2.52. The van der Waals surface area contributed by atoms with Crippen LogP contribution in [0.3, 0.4) is 0 Å². The van der Waals surface area contributed by atoms with Crippen LogP contribution in [0.1, 0.15) is 0 Å². The minimum atomic E-state index is -1.03. The normalized spacial score (nSPS) is 30.3. The summed E-state index contributed by atoms with van der Waals surface area (Å²) in [6.45, 7) is 0.742. The summed E-state index contributed by atoms with van der Waals surface area (Å²) in [5.74, 6) is 0. The first-order valence-electron chi connectivity index (χ1n) is 3.55. The van der Waals surface area contributed by atoms with Gasteiger partial charge in [-0.2, -0.15) is 0 Å². The second kappa shape index (κ2) is 3.88. The van der Waals surface area contributed by atoms with Gasteiger partial charge < -0.3 is 5.32 Å². The van der Waals surface area contributed by atoms with Gasteiger partial charge in [-0.3, -0.25) is 0 Å². The van der Waals surface area contributed by atoms with Gasteiger partial charge in [-0.1, -0.05) is 12.2 Å². The lowest BCUT2D eigenvalue weighted by Crippen LogP contribution is -2.18. The average molecular weight is 176 g/mol. The van der Waals surface area contributed by atoms with Crippen molar-refractivity contribution >= 4 is 11.6 Å². The molecule has 0 aromatic rings. The zero-order valence-corrected chi connectivity index (χ0v) is 7.11. The lowest BCUT2D eigenvalue weighted by atomic mass is 10.1. The number of rotatable bonds is 2. The Morgan fingerprint density at radius 3 is 3.00 bits per heavy atom. The Balaban J connectivity index is 2.57. The van der Waals surface area contributed by atoms with Crippen molar-refractivity contribution in [2.24, 2.45) is 0 Å². The molecule has 1 nitrogen and oxygen atoms in total. The SMILES string of the molecule is CNCC1=CC(Cl)C(F)C=C1. The van der Waals surface area contributed by atoms with E-state index in [2.05, 4.69) is 5.32 Å². The van der Waals surface area contributed by atoms with Crippen molar-refractivity contribution in [1.29, 1.82) is 0 Å². The Labute approximate surface area is 70.9 Å². The van der Waals surface area contributed by atoms with Gasteiger partial charge in [0.15, 0.2) is 0 Å². The molecule has 0 spiro atoms. The fraction of sp³-hybridized carbons (Fsp3) is 0.500. The molecular formula is C8H11ClFN. The van der Waals surface area contributed by atoms with Crippen LogP contribution in [0.4, 0.5) is 4.39 Å². The van der Waals surface area contributed by atoms with Gasteiger partial charge in [0.25, 0.3) is 0 Å². The highest BCUT2D eigenvalue weighted by Gasteiger charge is 2.16. The first-order valence-corrected chi connectivity index (χ1v) is 3.99. The zero-order valence-electron chi connectivity index (χ0n) is 6.35. The number of nitrogens with one attached hydrogen (secondary N) is 1. The van der Waals surface area contributed by atoms with Crippen molar-refractivity contribution < 1.29 is 4.39 Å². The van der Waals surface area contributed by atoms with Crippen molar-refractivity contribution in [2.75, 3.05) is 13.6 Å². The van der Waals surface area contributed by atoms with Gasteiger partial charge in [0.2, 0.25) is 0 Å². The predicted octanol–water partition coefficient (Wildman–Crippen LogP) is 1.65. The summed E-state index contributed by atoms with van der Waals surface area (Å²) in [7, 11) is 1.85. The molecule has 1 rings (SSSR count). The molecule has 0 heterocycles. The van der Waals surface area contributed by atoms with Crippen LogP contribution in [0.25, 0.3) is 0 Å². The van der Waals surface area contributed by atoms with Crippen molar-refractivity contribution in [1.82, 2.24) is 5.32 Å². The Hall–Kier alpha value is -0.340. The Morgan fingerprint density at radius 1 is 1.73 bits per heavy atom. The van der Waals surface area contributed by atoms with Gasteiger partial charge in [-0.05, 0) is 18.7 Å². The van der Waals surface area contributed by atoms with Gasteiger partial charge in [0.1, 0.15) is 6.17 Å². The number of hydrogen-bond acceptors (Lipinski definition) is 1. The first-order chi connectivity index (χ1) is 5.24. The fourth-order valence-electron chi connectivity index (χ4n) is 0.996. The molecule has 0 amide bonds. The molecule has 0 bridgehead atoms. The first kappa shape index (κ1) is 8.75. The summed E-state index contributed by atoms with van der Waals surface area (Å²) >= 11 is 5.67. The smallest absolute Gasteiger partial charge is 0.138 e. The van der Waals surface area contributed by atoms with Crippen LogP contribution < -0.4 is 5.32 Å².